The van der Waals surface area contributed by atoms with Crippen molar-refractivity contribution in [1.29, 1.82) is 0 Å². The van der Waals surface area contributed by atoms with Crippen molar-refractivity contribution in [2.75, 3.05) is 0 Å². The van der Waals surface area contributed by atoms with Crippen molar-refractivity contribution in [2.45, 2.75) is 0 Å². The van der Waals surface area contributed by atoms with Gasteiger partial charge in [-0.05, 0) is 18.2 Å². The molecule has 1 heterocycles. The molecule has 0 amide bonds. The number of nitro groups is 1. The zero-order chi connectivity index (χ0) is 11.7. The zero-order valence-electron chi connectivity index (χ0n) is 7.81. The second kappa shape index (κ2) is 3.97. The first-order chi connectivity index (χ1) is 7.58. The molecule has 1 aromatic carbocycles. The molecule has 0 unspecified atom stereocenters. The molecular weight excluding hydrogens is 236 g/mol. The van der Waals surface area contributed by atoms with E-state index in [1.165, 1.54) is 18.2 Å². The van der Waals surface area contributed by atoms with E-state index in [0.717, 1.165) is 23.5 Å². The molecule has 82 valence electrons. The van der Waals surface area contributed by atoms with Crippen molar-refractivity contribution in [3.63, 3.8) is 0 Å². The van der Waals surface area contributed by atoms with Gasteiger partial charge in [0.25, 0.3) is 0 Å². The van der Waals surface area contributed by atoms with Crippen LogP contribution in [0, 0.1) is 21.7 Å². The SMILES string of the molecule is O=[N+]([O-])c1ccc(-c2ccc(F)cc2F)s1. The fraction of sp³-hybridized carbons (Fsp3) is 0. The Morgan fingerprint density at radius 3 is 2.50 bits per heavy atom. The van der Waals surface area contributed by atoms with Crippen molar-refractivity contribution < 1.29 is 13.7 Å². The van der Waals surface area contributed by atoms with Crippen LogP contribution in [0.4, 0.5) is 13.8 Å². The topological polar surface area (TPSA) is 43.1 Å². The summed E-state index contributed by atoms with van der Waals surface area (Å²) in [5, 5.41) is 10.4. The van der Waals surface area contributed by atoms with Gasteiger partial charge in [-0.3, -0.25) is 10.1 Å². The maximum Gasteiger partial charge on any atom is 0.324 e. The molecule has 0 aliphatic heterocycles. The molecule has 0 N–H and O–H groups in total. The summed E-state index contributed by atoms with van der Waals surface area (Å²) in [6.45, 7) is 0. The highest BCUT2D eigenvalue weighted by Gasteiger charge is 2.13. The van der Waals surface area contributed by atoms with Crippen molar-refractivity contribution >= 4 is 16.3 Å². The number of nitrogens with zero attached hydrogens (tertiary/aromatic N) is 1. The second-order valence-corrected chi connectivity index (χ2v) is 4.08. The molecule has 6 heteroatoms. The van der Waals surface area contributed by atoms with Gasteiger partial charge >= 0.3 is 5.00 Å². The van der Waals surface area contributed by atoms with Crippen LogP contribution in [0.2, 0.25) is 0 Å². The molecule has 3 nitrogen and oxygen atoms in total. The zero-order valence-corrected chi connectivity index (χ0v) is 8.63. The summed E-state index contributed by atoms with van der Waals surface area (Å²) in [7, 11) is 0. The van der Waals surface area contributed by atoms with E-state index in [4.69, 9.17) is 0 Å². The molecule has 0 bridgehead atoms. The number of rotatable bonds is 2. The third-order valence-electron chi connectivity index (χ3n) is 1.97. The quantitative estimate of drug-likeness (QED) is 0.595. The molecule has 0 radical (unpaired) electrons. The number of thiophene rings is 1. The third kappa shape index (κ3) is 1.92. The molecule has 0 atom stereocenters. The van der Waals surface area contributed by atoms with Crippen molar-refractivity contribution in [3.8, 4) is 10.4 Å². The standard InChI is InChI=1S/C10H5F2NO2S/c11-6-1-2-7(8(12)5-6)9-3-4-10(16-9)13(14)15/h1-5H. The molecule has 2 aromatic rings. The third-order valence-corrected chi connectivity index (χ3v) is 3.04. The lowest BCUT2D eigenvalue weighted by atomic mass is 10.2. The Balaban J connectivity index is 2.46. The van der Waals surface area contributed by atoms with E-state index in [1.54, 1.807) is 0 Å². The molecule has 1 aromatic heterocycles. The number of halogens is 2. The smallest absolute Gasteiger partial charge is 0.258 e. The van der Waals surface area contributed by atoms with Gasteiger partial charge in [-0.1, -0.05) is 11.3 Å². The Morgan fingerprint density at radius 1 is 1.19 bits per heavy atom. The van der Waals surface area contributed by atoms with E-state index in [1.807, 2.05) is 0 Å². The normalized spacial score (nSPS) is 10.4. The highest BCUT2D eigenvalue weighted by Crippen LogP contribution is 2.34. The molecule has 0 aliphatic rings. The van der Waals surface area contributed by atoms with Gasteiger partial charge in [0.2, 0.25) is 0 Å². The van der Waals surface area contributed by atoms with E-state index >= 15 is 0 Å². The Kier molecular flexibility index (Phi) is 2.66. The van der Waals surface area contributed by atoms with Gasteiger partial charge in [0, 0.05) is 22.6 Å². The van der Waals surface area contributed by atoms with Gasteiger partial charge in [-0.25, -0.2) is 8.78 Å². The Bertz CT molecular complexity index is 554. The van der Waals surface area contributed by atoms with Crippen LogP contribution < -0.4 is 0 Å². The fourth-order valence-corrected chi connectivity index (χ4v) is 2.11. The van der Waals surface area contributed by atoms with Crippen molar-refractivity contribution in [1.82, 2.24) is 0 Å². The molecule has 2 rings (SSSR count). The Hall–Kier alpha value is -1.82. The van der Waals surface area contributed by atoms with E-state index in [-0.39, 0.29) is 10.6 Å². The summed E-state index contributed by atoms with van der Waals surface area (Å²) >= 11 is 0.853. The first kappa shape index (κ1) is 10.7. The van der Waals surface area contributed by atoms with Gasteiger partial charge in [-0.2, -0.15) is 0 Å². The lowest BCUT2D eigenvalue weighted by molar-refractivity contribution is -0.380. The van der Waals surface area contributed by atoms with Crippen LogP contribution in [0.15, 0.2) is 30.3 Å². The average Bonchev–Trinajstić information content (AvgIpc) is 2.66. The fourth-order valence-electron chi connectivity index (χ4n) is 1.26. The first-order valence-electron chi connectivity index (χ1n) is 4.27. The van der Waals surface area contributed by atoms with Crippen molar-refractivity contribution in [2.24, 2.45) is 0 Å². The minimum absolute atomic E-state index is 0.0706. The van der Waals surface area contributed by atoms with E-state index in [9.17, 15) is 18.9 Å². The molecule has 0 saturated carbocycles. The molecule has 0 fully saturated rings. The summed E-state index contributed by atoms with van der Waals surface area (Å²) in [5.41, 5.74) is 0.166. The predicted octanol–water partition coefficient (Wildman–Crippen LogP) is 3.60. The van der Waals surface area contributed by atoms with Gasteiger partial charge in [-0.15, -0.1) is 0 Å². The van der Waals surface area contributed by atoms with Gasteiger partial charge in [0.05, 0.1) is 4.92 Å². The first-order valence-corrected chi connectivity index (χ1v) is 5.09. The van der Waals surface area contributed by atoms with Crippen molar-refractivity contribution in [3.05, 3.63) is 52.1 Å². The summed E-state index contributed by atoms with van der Waals surface area (Å²) in [6.07, 6.45) is 0. The molecular formula is C10H5F2NO2S. The van der Waals surface area contributed by atoms with Crippen LogP contribution in [0.1, 0.15) is 0 Å². The van der Waals surface area contributed by atoms with Crippen LogP contribution in [-0.2, 0) is 0 Å². The Labute approximate surface area is 93.1 Å². The lowest BCUT2D eigenvalue weighted by Gasteiger charge is -1.98. The summed E-state index contributed by atoms with van der Waals surface area (Å²) in [5.74, 6) is -1.40. The average molecular weight is 241 g/mol. The largest absolute Gasteiger partial charge is 0.324 e. The summed E-state index contributed by atoms with van der Waals surface area (Å²) in [6, 6.07) is 5.87. The van der Waals surface area contributed by atoms with Gasteiger partial charge < -0.3 is 0 Å². The van der Waals surface area contributed by atoms with E-state index in [2.05, 4.69) is 0 Å². The summed E-state index contributed by atoms with van der Waals surface area (Å²) < 4.78 is 26.0. The molecule has 0 aliphatic carbocycles. The van der Waals surface area contributed by atoms with Crippen LogP contribution in [0.3, 0.4) is 0 Å². The maximum absolute atomic E-state index is 13.3. The van der Waals surface area contributed by atoms with Crippen LogP contribution in [0.25, 0.3) is 10.4 Å². The Morgan fingerprint density at radius 2 is 1.94 bits per heavy atom. The molecule has 0 saturated heterocycles. The summed E-state index contributed by atoms with van der Waals surface area (Å²) in [4.78, 5) is 10.3. The van der Waals surface area contributed by atoms with E-state index in [0.29, 0.717) is 4.88 Å². The monoisotopic (exact) mass is 241 g/mol. The van der Waals surface area contributed by atoms with Crippen LogP contribution >= 0.6 is 11.3 Å². The highest BCUT2D eigenvalue weighted by molar-refractivity contribution is 7.18. The minimum Gasteiger partial charge on any atom is -0.258 e. The predicted molar refractivity (Wildman–Crippen MR) is 56.3 cm³/mol. The molecule has 16 heavy (non-hydrogen) atoms. The number of benzene rings is 1. The van der Waals surface area contributed by atoms with Crippen LogP contribution in [0.5, 0.6) is 0 Å². The number of hydrogen-bond acceptors (Lipinski definition) is 3. The second-order valence-electron chi connectivity index (χ2n) is 3.02. The highest BCUT2D eigenvalue weighted by atomic mass is 32.1. The minimum atomic E-state index is -0.725. The van der Waals surface area contributed by atoms with E-state index < -0.39 is 16.6 Å². The lowest BCUT2D eigenvalue weighted by Crippen LogP contribution is -1.83. The van der Waals surface area contributed by atoms with Gasteiger partial charge in [0.15, 0.2) is 0 Å². The number of hydrogen-bond donors (Lipinski definition) is 0. The van der Waals surface area contributed by atoms with Crippen LogP contribution in [-0.4, -0.2) is 4.92 Å². The van der Waals surface area contributed by atoms with Gasteiger partial charge in [0.1, 0.15) is 11.6 Å². The molecule has 0 spiro atoms. The maximum atomic E-state index is 13.3.